The van der Waals surface area contributed by atoms with Gasteiger partial charge < -0.3 is 14.4 Å². The van der Waals surface area contributed by atoms with Crippen molar-refractivity contribution in [2.45, 2.75) is 57.5 Å². The molecule has 23 heavy (non-hydrogen) atoms. The second-order valence-corrected chi connectivity index (χ2v) is 7.46. The van der Waals surface area contributed by atoms with Crippen molar-refractivity contribution < 1.29 is 14.3 Å². The first-order chi connectivity index (χ1) is 11.1. The molecule has 1 aromatic rings. The monoisotopic (exact) mass is 335 g/mol. The van der Waals surface area contributed by atoms with Crippen molar-refractivity contribution in [3.8, 4) is 11.5 Å². The van der Waals surface area contributed by atoms with E-state index in [9.17, 15) is 4.79 Å². The fourth-order valence-electron chi connectivity index (χ4n) is 3.74. The molecule has 4 rings (SSSR count). The Balaban J connectivity index is 1.60. The lowest BCUT2D eigenvalue weighted by molar-refractivity contribution is 0.0592. The minimum Gasteiger partial charge on any atom is -0.454 e. The van der Waals surface area contributed by atoms with Crippen LogP contribution in [0.2, 0.25) is 5.02 Å². The highest BCUT2D eigenvalue weighted by Gasteiger charge is 2.39. The summed E-state index contributed by atoms with van der Waals surface area (Å²) in [7, 11) is 0. The maximum absolute atomic E-state index is 13.1. The molecule has 4 nitrogen and oxygen atoms in total. The molecule has 124 valence electrons. The molecule has 2 aliphatic carbocycles. The van der Waals surface area contributed by atoms with E-state index in [1.165, 1.54) is 12.8 Å². The topological polar surface area (TPSA) is 38.8 Å². The van der Waals surface area contributed by atoms with Crippen LogP contribution in [0.25, 0.3) is 0 Å². The van der Waals surface area contributed by atoms with Crippen LogP contribution >= 0.6 is 11.6 Å². The molecule has 2 fully saturated rings. The van der Waals surface area contributed by atoms with Gasteiger partial charge in [0.2, 0.25) is 6.79 Å². The summed E-state index contributed by atoms with van der Waals surface area (Å²) < 4.78 is 10.7. The molecule has 0 aromatic heterocycles. The standard InChI is InChI=1S/C18H22ClNO3/c1-11-2-4-13(5-3-11)20(14-6-7-14)18(21)12-8-15(19)17-16(9-12)22-10-23-17/h8-9,11,13-14H,2-7,10H2,1H3. The van der Waals surface area contributed by atoms with Gasteiger partial charge in [0, 0.05) is 17.6 Å². The molecular formula is C18H22ClNO3. The summed E-state index contributed by atoms with van der Waals surface area (Å²) >= 11 is 6.25. The third-order valence-electron chi connectivity index (χ3n) is 5.23. The van der Waals surface area contributed by atoms with Gasteiger partial charge in [0.15, 0.2) is 11.5 Å². The number of hydrogen-bond acceptors (Lipinski definition) is 3. The third-order valence-corrected chi connectivity index (χ3v) is 5.51. The minimum absolute atomic E-state index is 0.0900. The van der Waals surface area contributed by atoms with Crippen molar-refractivity contribution in [3.05, 3.63) is 22.7 Å². The maximum atomic E-state index is 13.1. The van der Waals surface area contributed by atoms with Gasteiger partial charge in [-0.1, -0.05) is 18.5 Å². The molecule has 1 amide bonds. The molecule has 0 atom stereocenters. The molecule has 0 unspecified atom stereocenters. The summed E-state index contributed by atoms with van der Waals surface area (Å²) in [5, 5.41) is 0.455. The van der Waals surface area contributed by atoms with Gasteiger partial charge in [-0.05, 0) is 56.6 Å². The Morgan fingerprint density at radius 1 is 1.09 bits per heavy atom. The van der Waals surface area contributed by atoms with E-state index in [4.69, 9.17) is 21.1 Å². The predicted molar refractivity (Wildman–Crippen MR) is 88.2 cm³/mol. The van der Waals surface area contributed by atoms with Crippen LogP contribution in [-0.2, 0) is 0 Å². The molecule has 0 saturated heterocycles. The average molecular weight is 336 g/mol. The van der Waals surface area contributed by atoms with Crippen molar-refractivity contribution in [1.29, 1.82) is 0 Å². The second-order valence-electron chi connectivity index (χ2n) is 7.05. The molecule has 1 aliphatic heterocycles. The summed E-state index contributed by atoms with van der Waals surface area (Å²) in [4.78, 5) is 15.3. The maximum Gasteiger partial charge on any atom is 0.254 e. The first-order valence-corrected chi connectivity index (χ1v) is 8.93. The second kappa shape index (κ2) is 5.90. The molecule has 0 bridgehead atoms. The van der Waals surface area contributed by atoms with Crippen LogP contribution in [-0.4, -0.2) is 29.7 Å². The summed E-state index contributed by atoms with van der Waals surface area (Å²) in [5.41, 5.74) is 0.616. The van der Waals surface area contributed by atoms with E-state index in [1.54, 1.807) is 12.1 Å². The lowest BCUT2D eigenvalue weighted by Crippen LogP contribution is -2.43. The quantitative estimate of drug-likeness (QED) is 0.828. The van der Waals surface area contributed by atoms with Gasteiger partial charge in [0.1, 0.15) is 0 Å². The highest BCUT2D eigenvalue weighted by molar-refractivity contribution is 6.32. The van der Waals surface area contributed by atoms with Gasteiger partial charge in [-0.15, -0.1) is 0 Å². The van der Waals surface area contributed by atoms with Crippen LogP contribution in [0.3, 0.4) is 0 Å². The fraction of sp³-hybridized carbons (Fsp3) is 0.611. The average Bonchev–Trinajstić information content (AvgIpc) is 3.25. The van der Waals surface area contributed by atoms with Gasteiger partial charge in [0.05, 0.1) is 5.02 Å². The number of fused-ring (bicyclic) bond motifs is 1. The zero-order valence-electron chi connectivity index (χ0n) is 13.4. The van der Waals surface area contributed by atoms with Crippen LogP contribution in [0.4, 0.5) is 0 Å². The fourth-order valence-corrected chi connectivity index (χ4v) is 4.01. The zero-order valence-corrected chi connectivity index (χ0v) is 14.1. The summed E-state index contributed by atoms with van der Waals surface area (Å²) in [5.74, 6) is 2.00. The van der Waals surface area contributed by atoms with Crippen LogP contribution < -0.4 is 9.47 Å². The smallest absolute Gasteiger partial charge is 0.254 e. The van der Waals surface area contributed by atoms with E-state index in [0.29, 0.717) is 34.2 Å². The molecule has 0 N–H and O–H groups in total. The lowest BCUT2D eigenvalue weighted by Gasteiger charge is -2.36. The first kappa shape index (κ1) is 15.1. The molecule has 1 heterocycles. The molecular weight excluding hydrogens is 314 g/mol. The largest absolute Gasteiger partial charge is 0.454 e. The SMILES string of the molecule is CC1CCC(N(C(=O)c2cc(Cl)c3c(c2)OCO3)C2CC2)CC1. The summed E-state index contributed by atoms with van der Waals surface area (Å²) in [6, 6.07) is 4.27. The van der Waals surface area contributed by atoms with Gasteiger partial charge in [-0.25, -0.2) is 0 Å². The van der Waals surface area contributed by atoms with Crippen LogP contribution in [0.1, 0.15) is 55.8 Å². The molecule has 1 aromatic carbocycles. The Bertz CT molecular complexity index is 621. The Morgan fingerprint density at radius 2 is 1.74 bits per heavy atom. The molecule has 2 saturated carbocycles. The van der Waals surface area contributed by atoms with Crippen molar-refractivity contribution in [3.63, 3.8) is 0 Å². The Morgan fingerprint density at radius 3 is 2.39 bits per heavy atom. The molecule has 5 heteroatoms. The van der Waals surface area contributed by atoms with E-state index >= 15 is 0 Å². The van der Waals surface area contributed by atoms with Crippen LogP contribution in [0.15, 0.2) is 12.1 Å². The van der Waals surface area contributed by atoms with Gasteiger partial charge in [-0.3, -0.25) is 4.79 Å². The summed E-state index contributed by atoms with van der Waals surface area (Å²) in [6.07, 6.45) is 6.89. The predicted octanol–water partition coefficient (Wildman–Crippen LogP) is 4.25. The number of nitrogens with zero attached hydrogens (tertiary/aromatic N) is 1. The number of benzene rings is 1. The number of carbonyl (C=O) groups is 1. The highest BCUT2D eigenvalue weighted by atomic mass is 35.5. The van der Waals surface area contributed by atoms with E-state index in [0.717, 1.165) is 31.6 Å². The number of amides is 1. The molecule has 3 aliphatic rings. The molecule has 0 radical (unpaired) electrons. The Hall–Kier alpha value is -1.42. The number of ether oxygens (including phenoxy) is 2. The number of carbonyl (C=O) groups excluding carboxylic acids is 1. The van der Waals surface area contributed by atoms with Crippen LogP contribution in [0, 0.1) is 5.92 Å². The Kier molecular flexibility index (Phi) is 3.88. The zero-order chi connectivity index (χ0) is 16.0. The van der Waals surface area contributed by atoms with Gasteiger partial charge in [-0.2, -0.15) is 0 Å². The lowest BCUT2D eigenvalue weighted by atomic mass is 9.86. The molecule has 0 spiro atoms. The highest BCUT2D eigenvalue weighted by Crippen LogP contribution is 2.41. The van der Waals surface area contributed by atoms with Crippen molar-refractivity contribution in [2.24, 2.45) is 5.92 Å². The van der Waals surface area contributed by atoms with E-state index in [2.05, 4.69) is 11.8 Å². The van der Waals surface area contributed by atoms with Gasteiger partial charge in [0.25, 0.3) is 5.91 Å². The third kappa shape index (κ3) is 2.89. The summed E-state index contributed by atoms with van der Waals surface area (Å²) in [6.45, 7) is 2.47. The van der Waals surface area contributed by atoms with Crippen LogP contribution in [0.5, 0.6) is 11.5 Å². The van der Waals surface area contributed by atoms with E-state index in [-0.39, 0.29) is 12.7 Å². The van der Waals surface area contributed by atoms with Crippen molar-refractivity contribution >= 4 is 17.5 Å². The minimum atomic E-state index is 0.0900. The number of hydrogen-bond donors (Lipinski definition) is 0. The number of rotatable bonds is 3. The Labute approximate surface area is 141 Å². The van der Waals surface area contributed by atoms with E-state index in [1.807, 2.05) is 0 Å². The van der Waals surface area contributed by atoms with Gasteiger partial charge >= 0.3 is 0 Å². The van der Waals surface area contributed by atoms with E-state index < -0.39 is 0 Å². The van der Waals surface area contributed by atoms with Crippen molar-refractivity contribution in [2.75, 3.05) is 6.79 Å². The number of halogens is 1. The normalized spacial score (nSPS) is 26.2. The first-order valence-electron chi connectivity index (χ1n) is 8.55. The van der Waals surface area contributed by atoms with Crippen molar-refractivity contribution in [1.82, 2.24) is 4.90 Å².